The molecule has 0 aliphatic carbocycles. The Morgan fingerprint density at radius 3 is 2.70 bits per heavy atom. The van der Waals surface area contributed by atoms with Gasteiger partial charge in [0.1, 0.15) is 5.75 Å². The summed E-state index contributed by atoms with van der Waals surface area (Å²) in [7, 11) is -1.52. The minimum Gasteiger partial charge on any atom is -0.496 e. The first-order valence-electron chi connectivity index (χ1n) is 9.75. The number of aryl methyl sites for hydroxylation is 1. The molecule has 0 radical (unpaired) electrons. The summed E-state index contributed by atoms with van der Waals surface area (Å²) in [5.74, 6) is 0.570. The Labute approximate surface area is 181 Å². The minimum atomic E-state index is -3.10. The molecule has 6 nitrogen and oxygen atoms in total. The van der Waals surface area contributed by atoms with Gasteiger partial charge in [-0.25, -0.2) is 8.42 Å². The van der Waals surface area contributed by atoms with Crippen molar-refractivity contribution in [3.05, 3.63) is 59.2 Å². The van der Waals surface area contributed by atoms with Gasteiger partial charge in [0.05, 0.1) is 31.1 Å². The summed E-state index contributed by atoms with van der Waals surface area (Å²) in [5.41, 5.74) is 3.86. The second-order valence-corrected chi connectivity index (χ2v) is 11.0. The molecule has 0 aromatic heterocycles. The second kappa shape index (κ2) is 8.07. The molecule has 2 aliphatic rings. The summed E-state index contributed by atoms with van der Waals surface area (Å²) >= 11 is 1.39. The predicted molar refractivity (Wildman–Crippen MR) is 121 cm³/mol. The summed E-state index contributed by atoms with van der Waals surface area (Å²) in [4.78, 5) is 19.2. The molecule has 8 heteroatoms. The first-order valence-corrected chi connectivity index (χ1v) is 12.4. The number of amidine groups is 1. The van der Waals surface area contributed by atoms with Gasteiger partial charge in [0.25, 0.3) is 5.91 Å². The normalized spacial score (nSPS) is 23.6. The highest BCUT2D eigenvalue weighted by Crippen LogP contribution is 2.42. The molecule has 2 fully saturated rings. The van der Waals surface area contributed by atoms with Crippen LogP contribution in [0.15, 0.2) is 47.5 Å². The van der Waals surface area contributed by atoms with Gasteiger partial charge in [-0.3, -0.25) is 4.79 Å². The molecule has 0 spiro atoms. The third kappa shape index (κ3) is 3.98. The quantitative estimate of drug-likeness (QED) is 0.721. The number of fused-ring (bicyclic) bond motifs is 1. The number of ether oxygens (including phenoxy) is 1. The third-order valence-corrected chi connectivity index (χ3v) is 8.87. The van der Waals surface area contributed by atoms with Crippen LogP contribution >= 0.6 is 11.8 Å². The van der Waals surface area contributed by atoms with Crippen LogP contribution in [0.3, 0.4) is 0 Å². The molecule has 2 aromatic rings. The Hall–Kier alpha value is -2.32. The highest BCUT2D eigenvalue weighted by molar-refractivity contribution is 8.16. The topological polar surface area (TPSA) is 76.0 Å². The minimum absolute atomic E-state index is 0.0811. The van der Waals surface area contributed by atoms with Crippen molar-refractivity contribution >= 4 is 38.4 Å². The van der Waals surface area contributed by atoms with E-state index in [4.69, 9.17) is 4.74 Å². The van der Waals surface area contributed by atoms with Crippen molar-refractivity contribution < 1.29 is 17.9 Å². The fourth-order valence-electron chi connectivity index (χ4n) is 4.00. The maximum atomic E-state index is 12.8. The zero-order valence-electron chi connectivity index (χ0n) is 17.2. The van der Waals surface area contributed by atoms with Crippen LogP contribution in [0.1, 0.15) is 16.7 Å². The maximum Gasteiger partial charge on any atom is 0.252 e. The lowest BCUT2D eigenvalue weighted by atomic mass is 10.1. The molecular weight excluding hydrogens is 420 g/mol. The zero-order valence-corrected chi connectivity index (χ0v) is 18.8. The number of carbonyl (C=O) groups is 1. The van der Waals surface area contributed by atoms with Gasteiger partial charge < -0.3 is 9.64 Å². The summed E-state index contributed by atoms with van der Waals surface area (Å²) in [5, 5.41) is 0.459. The van der Waals surface area contributed by atoms with E-state index < -0.39 is 9.84 Å². The monoisotopic (exact) mass is 444 g/mol. The van der Waals surface area contributed by atoms with Crippen molar-refractivity contribution in [1.82, 2.24) is 0 Å². The molecule has 4 rings (SSSR count). The lowest BCUT2D eigenvalue weighted by Gasteiger charge is -2.26. The van der Waals surface area contributed by atoms with Gasteiger partial charge in [0.15, 0.2) is 15.0 Å². The number of aliphatic imine (C=N–C) groups is 1. The van der Waals surface area contributed by atoms with Gasteiger partial charge in [-0.05, 0) is 37.1 Å². The Balaban J connectivity index is 1.69. The second-order valence-electron chi connectivity index (χ2n) is 7.67. The molecule has 0 bridgehead atoms. The van der Waals surface area contributed by atoms with Gasteiger partial charge in [0, 0.05) is 16.5 Å². The van der Waals surface area contributed by atoms with Crippen LogP contribution in [0.2, 0.25) is 0 Å². The maximum absolute atomic E-state index is 12.8. The Morgan fingerprint density at radius 1 is 1.17 bits per heavy atom. The number of para-hydroxylation sites is 1. The lowest BCUT2D eigenvalue weighted by Crippen LogP contribution is -2.38. The largest absolute Gasteiger partial charge is 0.496 e. The van der Waals surface area contributed by atoms with Crippen LogP contribution in [-0.2, 0) is 21.1 Å². The SMILES string of the molecule is COc1ccccc1CC(=O)N=C1S[C@@H]2CS(=O)(=O)C[C@@H]2N1c1cccc(C)c1C. The van der Waals surface area contributed by atoms with E-state index in [1.807, 2.05) is 61.2 Å². The van der Waals surface area contributed by atoms with E-state index in [2.05, 4.69) is 4.99 Å². The fourth-order valence-corrected chi connectivity index (χ4v) is 7.93. The van der Waals surface area contributed by atoms with Gasteiger partial charge in [-0.2, -0.15) is 4.99 Å². The molecule has 158 valence electrons. The summed E-state index contributed by atoms with van der Waals surface area (Å²) < 4.78 is 29.8. The highest BCUT2D eigenvalue weighted by Gasteiger charge is 2.49. The zero-order chi connectivity index (χ0) is 21.5. The number of nitrogens with zero attached hydrogens (tertiary/aromatic N) is 2. The van der Waals surface area contributed by atoms with Crippen molar-refractivity contribution in [2.24, 2.45) is 4.99 Å². The van der Waals surface area contributed by atoms with Gasteiger partial charge in [-0.15, -0.1) is 0 Å². The number of thioether (sulfide) groups is 1. The van der Waals surface area contributed by atoms with Crippen LogP contribution < -0.4 is 9.64 Å². The number of hydrogen-bond acceptors (Lipinski definition) is 5. The number of methoxy groups -OCH3 is 1. The molecule has 0 saturated carbocycles. The number of rotatable bonds is 4. The average Bonchev–Trinajstić information content (AvgIpc) is 3.15. The van der Waals surface area contributed by atoms with E-state index >= 15 is 0 Å². The van der Waals surface area contributed by atoms with Crippen molar-refractivity contribution in [2.75, 3.05) is 23.5 Å². The van der Waals surface area contributed by atoms with Crippen molar-refractivity contribution in [2.45, 2.75) is 31.6 Å². The number of benzene rings is 2. The summed E-state index contributed by atoms with van der Waals surface area (Å²) in [6.45, 7) is 4.04. The Morgan fingerprint density at radius 2 is 1.93 bits per heavy atom. The Bertz CT molecular complexity index is 1130. The molecule has 2 atom stereocenters. The molecule has 0 N–H and O–H groups in total. The molecule has 1 amide bonds. The molecule has 0 unspecified atom stereocenters. The first-order chi connectivity index (χ1) is 14.3. The van der Waals surface area contributed by atoms with Crippen molar-refractivity contribution in [1.29, 1.82) is 0 Å². The number of amides is 1. The van der Waals surface area contributed by atoms with E-state index in [0.717, 1.165) is 22.4 Å². The smallest absolute Gasteiger partial charge is 0.252 e. The van der Waals surface area contributed by atoms with Gasteiger partial charge in [0.2, 0.25) is 0 Å². The van der Waals surface area contributed by atoms with Crippen LogP contribution in [0.5, 0.6) is 5.75 Å². The molecule has 2 heterocycles. The van der Waals surface area contributed by atoms with E-state index in [0.29, 0.717) is 10.9 Å². The van der Waals surface area contributed by atoms with Crippen LogP contribution in [0.4, 0.5) is 5.69 Å². The van der Waals surface area contributed by atoms with Crippen LogP contribution in [0, 0.1) is 13.8 Å². The number of sulfone groups is 1. The van der Waals surface area contributed by atoms with Gasteiger partial charge in [-0.1, -0.05) is 42.1 Å². The molecule has 2 aliphatic heterocycles. The molecule has 30 heavy (non-hydrogen) atoms. The predicted octanol–water partition coefficient (Wildman–Crippen LogP) is 3.16. The van der Waals surface area contributed by atoms with Gasteiger partial charge >= 0.3 is 0 Å². The summed E-state index contributed by atoms with van der Waals surface area (Å²) in [6.07, 6.45) is 0.127. The van der Waals surface area contributed by atoms with Crippen molar-refractivity contribution in [3.8, 4) is 5.75 Å². The fraction of sp³-hybridized carbons (Fsp3) is 0.364. The average molecular weight is 445 g/mol. The molecular formula is C22H24N2O4S2. The van der Waals surface area contributed by atoms with E-state index in [-0.39, 0.29) is 35.1 Å². The van der Waals surface area contributed by atoms with E-state index in [1.54, 1.807) is 7.11 Å². The highest BCUT2D eigenvalue weighted by atomic mass is 32.2. The number of carbonyl (C=O) groups excluding carboxylic acids is 1. The van der Waals surface area contributed by atoms with E-state index in [1.165, 1.54) is 11.8 Å². The van der Waals surface area contributed by atoms with Crippen LogP contribution in [0.25, 0.3) is 0 Å². The lowest BCUT2D eigenvalue weighted by molar-refractivity contribution is -0.117. The Kier molecular flexibility index (Phi) is 5.63. The molecule has 2 aromatic carbocycles. The van der Waals surface area contributed by atoms with E-state index in [9.17, 15) is 13.2 Å². The standard InChI is InChI=1S/C22H24N2O4S2/c1-14-7-6-9-17(15(14)2)24-18-12-30(26,27)13-20(18)29-22(24)23-21(25)11-16-8-4-5-10-19(16)28-3/h4-10,18,20H,11-13H2,1-3H3/t18-,20+/m0/s1. The number of hydrogen-bond donors (Lipinski definition) is 0. The first kappa shape index (κ1) is 20.9. The third-order valence-electron chi connectivity index (χ3n) is 5.66. The van der Waals surface area contributed by atoms with Crippen LogP contribution in [-0.4, -0.2) is 49.4 Å². The number of anilines is 1. The van der Waals surface area contributed by atoms with Crippen molar-refractivity contribution in [3.63, 3.8) is 0 Å². The molecule has 2 saturated heterocycles. The summed E-state index contributed by atoms with van der Waals surface area (Å²) in [6, 6.07) is 13.1.